The average molecular weight is 332 g/mol. The van der Waals surface area contributed by atoms with Crippen LogP contribution in [-0.4, -0.2) is 30.4 Å². The van der Waals surface area contributed by atoms with Crippen molar-refractivity contribution in [2.24, 2.45) is 0 Å². The lowest BCUT2D eigenvalue weighted by Crippen LogP contribution is -2.38. The fourth-order valence-electron chi connectivity index (χ4n) is 4.13. The highest BCUT2D eigenvalue weighted by atomic mass is 35.5. The summed E-state index contributed by atoms with van der Waals surface area (Å²) < 4.78 is 11.4. The number of ether oxygens (including phenoxy) is 2. The maximum Gasteiger partial charge on any atom is 0.231 e. The lowest BCUT2D eigenvalue weighted by Gasteiger charge is -2.42. The van der Waals surface area contributed by atoms with Crippen LogP contribution in [0.2, 0.25) is 0 Å². The van der Waals surface area contributed by atoms with Gasteiger partial charge in [0.05, 0.1) is 12.1 Å². The second-order valence-corrected chi connectivity index (χ2v) is 6.27. The van der Waals surface area contributed by atoms with Crippen LogP contribution in [0.1, 0.15) is 28.8 Å². The molecular formula is C18H18ClNO3. The molecule has 0 spiro atoms. The summed E-state index contributed by atoms with van der Waals surface area (Å²) >= 11 is 0. The van der Waals surface area contributed by atoms with Gasteiger partial charge in [0.2, 0.25) is 6.79 Å². The fourth-order valence-corrected chi connectivity index (χ4v) is 4.13. The Morgan fingerprint density at radius 3 is 2.91 bits per heavy atom. The molecule has 4 nitrogen and oxygen atoms in total. The van der Waals surface area contributed by atoms with Crippen LogP contribution < -0.4 is 9.47 Å². The van der Waals surface area contributed by atoms with Gasteiger partial charge in [-0.15, -0.1) is 12.4 Å². The first kappa shape index (κ1) is 14.8. The molecule has 0 unspecified atom stereocenters. The minimum Gasteiger partial charge on any atom is -0.454 e. The molecule has 2 atom stereocenters. The molecule has 0 radical (unpaired) electrons. The molecule has 2 aliphatic heterocycles. The van der Waals surface area contributed by atoms with Crippen molar-refractivity contribution in [1.29, 1.82) is 0 Å². The first-order chi connectivity index (χ1) is 10.8. The van der Waals surface area contributed by atoms with Crippen molar-refractivity contribution in [2.45, 2.75) is 18.6 Å². The van der Waals surface area contributed by atoms with Crippen LogP contribution in [0.25, 0.3) is 11.1 Å². The number of hydrogen-bond acceptors (Lipinski definition) is 4. The third-order valence-corrected chi connectivity index (χ3v) is 5.14. The summed E-state index contributed by atoms with van der Waals surface area (Å²) in [4.78, 5) is 2.24. The van der Waals surface area contributed by atoms with E-state index in [1.54, 1.807) is 0 Å². The summed E-state index contributed by atoms with van der Waals surface area (Å²) in [6.45, 7) is 1.21. The number of fused-ring (bicyclic) bond motifs is 4. The number of aliphatic hydroxyl groups is 1. The first-order valence-corrected chi connectivity index (χ1v) is 7.68. The highest BCUT2D eigenvalue weighted by molar-refractivity contribution is 5.85. The highest BCUT2D eigenvalue weighted by Crippen LogP contribution is 2.56. The van der Waals surface area contributed by atoms with Gasteiger partial charge in [0, 0.05) is 12.1 Å². The van der Waals surface area contributed by atoms with E-state index < -0.39 is 6.10 Å². The molecule has 120 valence electrons. The molecule has 1 N–H and O–H groups in total. The van der Waals surface area contributed by atoms with Crippen LogP contribution >= 0.6 is 12.4 Å². The molecule has 0 bridgehead atoms. The number of benzene rings is 2. The third kappa shape index (κ3) is 1.86. The quantitative estimate of drug-likeness (QED) is 0.805. The SMILES string of the molecule is CN1CCc2cc3c(c4c2[C@H]1[C@H](O)c1ccccc1-4)OCO3.Cl. The summed E-state index contributed by atoms with van der Waals surface area (Å²) in [7, 11) is 2.08. The van der Waals surface area contributed by atoms with Crippen molar-refractivity contribution in [3.8, 4) is 22.6 Å². The van der Waals surface area contributed by atoms with E-state index in [1.807, 2.05) is 18.2 Å². The third-order valence-electron chi connectivity index (χ3n) is 5.14. The highest BCUT2D eigenvalue weighted by Gasteiger charge is 2.42. The first-order valence-electron chi connectivity index (χ1n) is 7.68. The molecule has 2 aromatic carbocycles. The zero-order valence-corrected chi connectivity index (χ0v) is 13.6. The van der Waals surface area contributed by atoms with Gasteiger partial charge in [0.25, 0.3) is 0 Å². The molecule has 0 fully saturated rings. The molecule has 0 aromatic heterocycles. The monoisotopic (exact) mass is 331 g/mol. The van der Waals surface area contributed by atoms with Crippen LogP contribution in [0.4, 0.5) is 0 Å². The van der Waals surface area contributed by atoms with Crippen molar-refractivity contribution in [1.82, 2.24) is 4.90 Å². The molecule has 1 aliphatic carbocycles. The zero-order valence-electron chi connectivity index (χ0n) is 12.8. The van der Waals surface area contributed by atoms with Gasteiger partial charge in [0.15, 0.2) is 11.5 Å². The summed E-state index contributed by atoms with van der Waals surface area (Å²) in [6, 6.07) is 10.2. The van der Waals surface area contributed by atoms with Gasteiger partial charge in [-0.3, -0.25) is 4.90 Å². The van der Waals surface area contributed by atoms with Crippen LogP contribution in [0, 0.1) is 0 Å². The van der Waals surface area contributed by atoms with E-state index in [9.17, 15) is 5.11 Å². The minimum absolute atomic E-state index is 0. The molecule has 0 saturated carbocycles. The van der Waals surface area contributed by atoms with Crippen molar-refractivity contribution in [2.75, 3.05) is 20.4 Å². The van der Waals surface area contributed by atoms with Gasteiger partial charge in [-0.25, -0.2) is 0 Å². The Bertz CT molecular complexity index is 792. The summed E-state index contributed by atoms with van der Waals surface area (Å²) in [5.41, 5.74) is 5.64. The van der Waals surface area contributed by atoms with Gasteiger partial charge in [0.1, 0.15) is 0 Å². The fraction of sp³-hybridized carbons (Fsp3) is 0.333. The van der Waals surface area contributed by atoms with Crippen LogP contribution in [-0.2, 0) is 6.42 Å². The number of halogens is 1. The Morgan fingerprint density at radius 1 is 1.22 bits per heavy atom. The summed E-state index contributed by atoms with van der Waals surface area (Å²) in [6.07, 6.45) is 0.467. The smallest absolute Gasteiger partial charge is 0.231 e. The average Bonchev–Trinajstić information content (AvgIpc) is 3.00. The van der Waals surface area contributed by atoms with Gasteiger partial charge in [-0.05, 0) is 41.8 Å². The van der Waals surface area contributed by atoms with Crippen molar-refractivity contribution < 1.29 is 14.6 Å². The second kappa shape index (κ2) is 5.13. The van der Waals surface area contributed by atoms with Crippen molar-refractivity contribution >= 4 is 12.4 Å². The van der Waals surface area contributed by atoms with Crippen LogP contribution in [0.15, 0.2) is 30.3 Å². The Labute approximate surface area is 141 Å². The molecule has 23 heavy (non-hydrogen) atoms. The number of nitrogens with zero attached hydrogens (tertiary/aromatic N) is 1. The van der Waals surface area contributed by atoms with E-state index in [4.69, 9.17) is 9.47 Å². The molecule has 0 amide bonds. The van der Waals surface area contributed by atoms with Gasteiger partial charge in [-0.1, -0.05) is 24.3 Å². The Morgan fingerprint density at radius 2 is 2.04 bits per heavy atom. The zero-order chi connectivity index (χ0) is 14.8. The predicted molar refractivity (Wildman–Crippen MR) is 89.3 cm³/mol. The van der Waals surface area contributed by atoms with E-state index in [1.165, 1.54) is 11.1 Å². The second-order valence-electron chi connectivity index (χ2n) is 6.27. The lowest BCUT2D eigenvalue weighted by atomic mass is 9.75. The minimum atomic E-state index is -0.506. The largest absolute Gasteiger partial charge is 0.454 e. The van der Waals surface area contributed by atoms with E-state index in [0.717, 1.165) is 41.2 Å². The lowest BCUT2D eigenvalue weighted by molar-refractivity contribution is 0.0543. The molecular weight excluding hydrogens is 314 g/mol. The molecule has 3 aliphatic rings. The summed E-state index contributed by atoms with van der Waals surface area (Å²) in [5, 5.41) is 10.9. The molecule has 2 aromatic rings. The van der Waals surface area contributed by atoms with Crippen molar-refractivity contribution in [3.05, 3.63) is 47.0 Å². The maximum absolute atomic E-state index is 10.9. The molecule has 5 heteroatoms. The van der Waals surface area contributed by atoms with Crippen LogP contribution in [0.3, 0.4) is 0 Å². The summed E-state index contributed by atoms with van der Waals surface area (Å²) in [5.74, 6) is 1.67. The van der Waals surface area contributed by atoms with E-state index in [2.05, 4.69) is 24.1 Å². The van der Waals surface area contributed by atoms with Gasteiger partial charge in [-0.2, -0.15) is 0 Å². The Kier molecular flexibility index (Phi) is 3.30. The normalized spacial score (nSPS) is 23.7. The van der Waals surface area contributed by atoms with E-state index in [-0.39, 0.29) is 25.2 Å². The maximum atomic E-state index is 10.9. The Hall–Kier alpha value is -1.75. The van der Waals surface area contributed by atoms with E-state index in [0.29, 0.717) is 0 Å². The van der Waals surface area contributed by atoms with Crippen LogP contribution in [0.5, 0.6) is 11.5 Å². The molecule has 0 saturated heterocycles. The topological polar surface area (TPSA) is 41.9 Å². The predicted octanol–water partition coefficient (Wildman–Crippen LogP) is 3.08. The van der Waals surface area contributed by atoms with Gasteiger partial charge >= 0.3 is 0 Å². The number of likely N-dealkylation sites (N-methyl/N-ethyl adjacent to an activating group) is 1. The molecule has 5 rings (SSSR count). The Balaban J connectivity index is 0.00000135. The van der Waals surface area contributed by atoms with Gasteiger partial charge < -0.3 is 14.6 Å². The molecule has 2 heterocycles. The van der Waals surface area contributed by atoms with Crippen molar-refractivity contribution in [3.63, 3.8) is 0 Å². The number of aliphatic hydroxyl groups excluding tert-OH is 1. The number of rotatable bonds is 0. The van der Waals surface area contributed by atoms with E-state index >= 15 is 0 Å². The number of hydrogen-bond donors (Lipinski definition) is 1. The standard InChI is InChI=1S/C18H17NO3.ClH/c1-19-7-6-10-8-13-18(22-9-21-13)15-11-4-2-3-5-12(11)17(20)16(19)14(10)15;/h2-5,8,16-17,20H,6-7,9H2,1H3;1H/t16-,17+;/m0./s1.